The number of Topliss-reactive ketones (excluding diaryl/α,β-unsaturated/α-hetero) is 1. The Morgan fingerprint density at radius 1 is 1.14 bits per heavy atom. The second-order valence-corrected chi connectivity index (χ2v) is 10.9. The topological polar surface area (TPSA) is 128 Å². The van der Waals surface area contributed by atoms with Gasteiger partial charge in [0.1, 0.15) is 5.82 Å². The van der Waals surface area contributed by atoms with Gasteiger partial charge in [-0.15, -0.1) is 5.10 Å². The molecule has 2 heterocycles. The van der Waals surface area contributed by atoms with E-state index in [0.717, 1.165) is 11.8 Å². The Morgan fingerprint density at radius 2 is 1.86 bits per heavy atom. The molecule has 1 atom stereocenters. The number of nitrogens with one attached hydrogen (secondary N) is 1. The van der Waals surface area contributed by atoms with E-state index in [2.05, 4.69) is 20.5 Å². The van der Waals surface area contributed by atoms with Crippen molar-refractivity contribution in [1.82, 2.24) is 15.2 Å². The lowest BCUT2D eigenvalue weighted by atomic mass is 9.70. The fourth-order valence-electron chi connectivity index (χ4n) is 4.25. The molecule has 0 saturated carbocycles. The number of carbonyl (C=O) groups excluding carboxylic acids is 2. The van der Waals surface area contributed by atoms with Crippen LogP contribution in [0.3, 0.4) is 0 Å². The number of rotatable bonds is 6. The summed E-state index contributed by atoms with van der Waals surface area (Å²) < 4.78 is 28.3. The van der Waals surface area contributed by atoms with Crippen LogP contribution < -0.4 is 10.1 Å². The Labute approximate surface area is 203 Å². The number of ether oxygens (including phenoxy) is 1. The Morgan fingerprint density at radius 3 is 2.46 bits per heavy atom. The third-order valence-corrected chi connectivity index (χ3v) is 7.41. The second kappa shape index (κ2) is 9.18. The van der Waals surface area contributed by atoms with E-state index in [4.69, 9.17) is 4.74 Å². The normalized spacial score (nSPS) is 17.5. The molecule has 0 fully saturated rings. The number of benzene rings is 1. The zero-order valence-corrected chi connectivity index (χ0v) is 20.8. The largest absolute Gasteiger partial charge is 0.480 e. The van der Waals surface area contributed by atoms with Gasteiger partial charge < -0.3 is 10.1 Å². The maximum Gasteiger partial charge on any atom is 0.233 e. The molecule has 1 amide bonds. The zero-order valence-electron chi connectivity index (χ0n) is 20.0. The Bertz CT molecular complexity index is 1400. The predicted octanol–water partition coefficient (Wildman–Crippen LogP) is 2.86. The molecule has 1 unspecified atom stereocenters. The lowest BCUT2D eigenvalue weighted by Gasteiger charge is -2.33. The molecule has 0 radical (unpaired) electrons. The Hall–Kier alpha value is -3.66. The summed E-state index contributed by atoms with van der Waals surface area (Å²) in [6.45, 7) is 3.68. The SMILES string of the molecule is COc1ccc(C2(C)CCc3nc(NC(=O)Cc4ccc(S(C)(=O)=O)cc4)cc(C)c3C2=O)nn1. The monoisotopic (exact) mass is 494 g/mol. The number of anilines is 1. The molecular weight excluding hydrogens is 468 g/mol. The number of methoxy groups -OCH3 is 1. The van der Waals surface area contributed by atoms with Gasteiger partial charge in [-0.2, -0.15) is 5.10 Å². The summed E-state index contributed by atoms with van der Waals surface area (Å²) in [5.74, 6) is 0.390. The van der Waals surface area contributed by atoms with Crippen LogP contribution in [0.5, 0.6) is 5.88 Å². The van der Waals surface area contributed by atoms with Crippen molar-refractivity contribution in [3.8, 4) is 5.88 Å². The van der Waals surface area contributed by atoms with Crippen LogP contribution in [0.2, 0.25) is 0 Å². The van der Waals surface area contributed by atoms with E-state index in [0.29, 0.717) is 47.1 Å². The number of fused-ring (bicyclic) bond motifs is 1. The number of hydrogen-bond donors (Lipinski definition) is 1. The summed E-state index contributed by atoms with van der Waals surface area (Å²) in [5.41, 5.74) is 2.33. The van der Waals surface area contributed by atoms with E-state index in [1.165, 1.54) is 19.2 Å². The number of hydrogen-bond acceptors (Lipinski definition) is 8. The first-order chi connectivity index (χ1) is 16.5. The minimum atomic E-state index is -3.30. The Kier molecular flexibility index (Phi) is 6.42. The molecule has 1 N–H and O–H groups in total. The van der Waals surface area contributed by atoms with Crippen LogP contribution in [0.4, 0.5) is 5.82 Å². The predicted molar refractivity (Wildman–Crippen MR) is 129 cm³/mol. The van der Waals surface area contributed by atoms with Crippen molar-refractivity contribution >= 4 is 27.3 Å². The lowest BCUT2D eigenvalue weighted by Crippen LogP contribution is -2.39. The Balaban J connectivity index is 1.52. The van der Waals surface area contributed by atoms with E-state index < -0.39 is 15.3 Å². The first-order valence-corrected chi connectivity index (χ1v) is 12.9. The van der Waals surface area contributed by atoms with E-state index in [1.54, 1.807) is 30.3 Å². The van der Waals surface area contributed by atoms with Gasteiger partial charge >= 0.3 is 0 Å². The highest BCUT2D eigenvalue weighted by atomic mass is 32.2. The summed E-state index contributed by atoms with van der Waals surface area (Å²) in [6, 6.07) is 11.3. The van der Waals surface area contributed by atoms with Crippen molar-refractivity contribution < 1.29 is 22.7 Å². The molecule has 0 aliphatic heterocycles. The average molecular weight is 495 g/mol. The number of ketones is 1. The minimum Gasteiger partial charge on any atom is -0.480 e. The molecule has 1 aliphatic rings. The van der Waals surface area contributed by atoms with Gasteiger partial charge in [-0.1, -0.05) is 12.1 Å². The third kappa shape index (κ3) is 4.93. The molecule has 2 aromatic heterocycles. The van der Waals surface area contributed by atoms with E-state index in [-0.39, 0.29) is 23.0 Å². The van der Waals surface area contributed by atoms with Gasteiger partial charge in [0.2, 0.25) is 11.8 Å². The second-order valence-electron chi connectivity index (χ2n) is 8.91. The number of aryl methyl sites for hydroxylation is 2. The van der Waals surface area contributed by atoms with E-state index in [9.17, 15) is 18.0 Å². The molecule has 0 bridgehead atoms. The van der Waals surface area contributed by atoms with Gasteiger partial charge in [-0.3, -0.25) is 9.59 Å². The molecule has 35 heavy (non-hydrogen) atoms. The number of carbonyl (C=O) groups is 2. The highest BCUT2D eigenvalue weighted by molar-refractivity contribution is 7.90. The van der Waals surface area contributed by atoms with Crippen molar-refractivity contribution in [2.45, 2.75) is 43.4 Å². The van der Waals surface area contributed by atoms with Gasteiger partial charge in [-0.05, 0) is 62.1 Å². The average Bonchev–Trinajstić information content (AvgIpc) is 2.81. The summed E-state index contributed by atoms with van der Waals surface area (Å²) in [6.07, 6.45) is 2.25. The third-order valence-electron chi connectivity index (χ3n) is 6.28. The van der Waals surface area contributed by atoms with Crippen LogP contribution in [0, 0.1) is 6.92 Å². The number of pyridine rings is 1. The van der Waals surface area contributed by atoms with Gasteiger partial charge in [0.15, 0.2) is 15.6 Å². The van der Waals surface area contributed by atoms with Crippen LogP contribution >= 0.6 is 0 Å². The first kappa shape index (κ1) is 24.5. The highest BCUT2D eigenvalue weighted by Gasteiger charge is 2.43. The number of amides is 1. The fraction of sp³-hybridized carbons (Fsp3) is 0.320. The fourth-order valence-corrected chi connectivity index (χ4v) is 4.88. The molecule has 1 aromatic carbocycles. The summed E-state index contributed by atoms with van der Waals surface area (Å²) in [5, 5.41) is 11.0. The minimum absolute atomic E-state index is 0.0645. The smallest absolute Gasteiger partial charge is 0.233 e. The number of aromatic nitrogens is 3. The molecule has 9 nitrogen and oxygen atoms in total. The maximum atomic E-state index is 13.5. The quantitative estimate of drug-likeness (QED) is 0.554. The standard InChI is InChI=1S/C25H26N4O5S/c1-15-13-20(27-21(30)14-16-5-7-17(8-6-16)35(4,32)33)26-18-11-12-25(2,24(31)23(15)18)19-9-10-22(34-3)29-28-19/h5-10,13H,11-12,14H2,1-4H3,(H,26,27,30). The van der Waals surface area contributed by atoms with Crippen LogP contribution in [0.15, 0.2) is 47.4 Å². The number of sulfone groups is 1. The molecule has 3 aromatic rings. The van der Waals surface area contributed by atoms with Gasteiger partial charge in [0.05, 0.1) is 35.2 Å². The zero-order chi connectivity index (χ0) is 25.4. The molecular formula is C25H26N4O5S. The summed E-state index contributed by atoms with van der Waals surface area (Å²) in [7, 11) is -1.79. The molecule has 0 spiro atoms. The van der Waals surface area contributed by atoms with Gasteiger partial charge in [0, 0.05) is 17.9 Å². The molecule has 4 rings (SSSR count). The van der Waals surface area contributed by atoms with Crippen molar-refractivity contribution in [1.29, 1.82) is 0 Å². The molecule has 182 valence electrons. The highest BCUT2D eigenvalue weighted by Crippen LogP contribution is 2.38. The van der Waals surface area contributed by atoms with E-state index >= 15 is 0 Å². The maximum absolute atomic E-state index is 13.5. The molecule has 10 heteroatoms. The summed E-state index contributed by atoms with van der Waals surface area (Å²) >= 11 is 0. The van der Waals surface area contributed by atoms with Crippen LogP contribution in [-0.2, 0) is 32.9 Å². The van der Waals surface area contributed by atoms with Crippen molar-refractivity contribution in [3.63, 3.8) is 0 Å². The van der Waals surface area contributed by atoms with Gasteiger partial charge in [-0.25, -0.2) is 13.4 Å². The van der Waals surface area contributed by atoms with Crippen molar-refractivity contribution in [2.75, 3.05) is 18.7 Å². The summed E-state index contributed by atoms with van der Waals surface area (Å²) in [4.78, 5) is 30.9. The molecule has 1 aliphatic carbocycles. The van der Waals surface area contributed by atoms with Crippen molar-refractivity contribution in [2.24, 2.45) is 0 Å². The van der Waals surface area contributed by atoms with E-state index in [1.807, 2.05) is 13.8 Å². The van der Waals surface area contributed by atoms with Crippen LogP contribution in [-0.4, -0.2) is 48.7 Å². The van der Waals surface area contributed by atoms with Gasteiger partial charge in [0.25, 0.3) is 0 Å². The lowest BCUT2D eigenvalue weighted by molar-refractivity contribution is -0.115. The number of nitrogens with zero attached hydrogens (tertiary/aromatic N) is 3. The van der Waals surface area contributed by atoms with Crippen LogP contribution in [0.1, 0.15) is 46.2 Å². The molecule has 0 saturated heterocycles. The van der Waals surface area contributed by atoms with Crippen LogP contribution in [0.25, 0.3) is 0 Å². The first-order valence-electron chi connectivity index (χ1n) is 11.0. The van der Waals surface area contributed by atoms with Crippen molar-refractivity contribution in [3.05, 3.63) is 70.5 Å².